The average molecular weight is 927 g/mol. The number of aromatic nitrogens is 3. The molecule has 3 aromatic heterocycles. The number of methoxy groups -OCH3 is 1. The number of nitrogens with zero attached hydrogens (tertiary/aromatic N) is 6. The van der Waals surface area contributed by atoms with Gasteiger partial charge in [0.2, 0.25) is 0 Å². The minimum Gasteiger partial charge on any atom is -0.613 e. The maximum atomic E-state index is 9.37. The number of allylic oxidation sites excluding steroid dienone is 7. The molecule has 3 aliphatic heterocycles. The highest BCUT2D eigenvalue weighted by atomic mass is 27.2. The predicted molar refractivity (Wildman–Crippen MR) is 279 cm³/mol. The van der Waals surface area contributed by atoms with Gasteiger partial charge in [-0.15, -0.1) is 6.58 Å². The molecule has 4 aromatic carbocycles. The third kappa shape index (κ3) is 11.0. The van der Waals surface area contributed by atoms with Crippen LogP contribution in [0.2, 0.25) is 0 Å². The van der Waals surface area contributed by atoms with Crippen molar-refractivity contribution in [3.05, 3.63) is 203 Å². The Hall–Kier alpha value is -7.68. The quantitative estimate of drug-likeness (QED) is 0.0573. The van der Waals surface area contributed by atoms with E-state index in [0.29, 0.717) is 17.8 Å². The van der Waals surface area contributed by atoms with Gasteiger partial charge < -0.3 is 22.0 Å². The van der Waals surface area contributed by atoms with Gasteiger partial charge in [0.25, 0.3) is 5.70 Å². The molecule has 0 unspecified atom stereocenters. The summed E-state index contributed by atoms with van der Waals surface area (Å²) in [5.74, 6) is 3.74. The molecule has 0 amide bonds. The summed E-state index contributed by atoms with van der Waals surface area (Å²) in [6.45, 7) is 22.8. The van der Waals surface area contributed by atoms with Crippen LogP contribution < -0.4 is 17.2 Å². The molecule has 0 fully saturated rings. The Balaban J connectivity index is 0.000000156. The lowest BCUT2D eigenvalue weighted by molar-refractivity contribution is 0.301. The third-order valence-corrected chi connectivity index (χ3v) is 13.6. The van der Waals surface area contributed by atoms with E-state index in [4.69, 9.17) is 23.6 Å². The van der Waals surface area contributed by atoms with Crippen LogP contribution in [0.25, 0.3) is 43.6 Å². The summed E-state index contributed by atoms with van der Waals surface area (Å²) in [4.78, 5) is 19.0. The molecule has 0 spiro atoms. The number of anilines is 1. The van der Waals surface area contributed by atoms with Crippen LogP contribution in [0.3, 0.4) is 0 Å². The minimum atomic E-state index is -1.24. The zero-order valence-corrected chi connectivity index (χ0v) is 41.3. The average Bonchev–Trinajstić information content (AvgIpc) is 3.37. The Kier molecular flexibility index (Phi) is 14.9. The Morgan fingerprint density at radius 3 is 1.77 bits per heavy atom. The molecule has 11 heteroatoms. The van der Waals surface area contributed by atoms with Crippen molar-refractivity contribution in [2.75, 3.05) is 25.1 Å². The molecule has 344 valence electrons. The second-order valence-corrected chi connectivity index (χ2v) is 19.1. The summed E-state index contributed by atoms with van der Waals surface area (Å²) in [7, 11) is 1.66. The van der Waals surface area contributed by atoms with Crippen molar-refractivity contribution in [2.24, 2.45) is 0 Å². The molecule has 10 nitrogen and oxygen atoms in total. The van der Waals surface area contributed by atoms with Crippen molar-refractivity contribution in [2.45, 2.75) is 64.2 Å². The molecule has 0 N–H and O–H groups in total. The molecule has 0 saturated heterocycles. The number of pyridine rings is 3. The first kappa shape index (κ1) is 47.8. The molecule has 69 heavy (non-hydrogen) atoms. The summed E-state index contributed by atoms with van der Waals surface area (Å²) < 4.78 is 23.1. The number of hydrogen-bond donors (Lipinski definition) is 0. The summed E-state index contributed by atoms with van der Waals surface area (Å²) >= 11 is -1.24. The highest BCUT2D eigenvalue weighted by molar-refractivity contribution is 6.21. The van der Waals surface area contributed by atoms with Gasteiger partial charge in [0.15, 0.2) is 0 Å². The minimum absolute atomic E-state index is 0.0760. The van der Waals surface area contributed by atoms with Gasteiger partial charge in [-0.05, 0) is 119 Å². The largest absolute Gasteiger partial charge is 0.832 e. The molecule has 6 heterocycles. The van der Waals surface area contributed by atoms with Gasteiger partial charge >= 0.3 is 15.9 Å². The molecule has 0 radical (unpaired) electrons. The predicted octanol–water partition coefficient (Wildman–Crippen LogP) is 13.1. The van der Waals surface area contributed by atoms with Gasteiger partial charge in [0.05, 0.1) is 19.8 Å². The van der Waals surface area contributed by atoms with Crippen molar-refractivity contribution in [1.82, 2.24) is 15.0 Å². The van der Waals surface area contributed by atoms with Gasteiger partial charge in [0, 0.05) is 59.9 Å². The number of rotatable bonds is 10. The van der Waals surface area contributed by atoms with E-state index < -0.39 is 15.9 Å². The van der Waals surface area contributed by atoms with Crippen LogP contribution in [-0.4, -0.2) is 51.0 Å². The molecule has 7 aromatic rings. The molecule has 10 rings (SSSR count). The Morgan fingerprint density at radius 2 is 1.28 bits per heavy atom. The summed E-state index contributed by atoms with van der Waals surface area (Å²) in [5.41, 5.74) is 9.02. The Bertz CT molecular complexity index is 3100. The van der Waals surface area contributed by atoms with Crippen LogP contribution >= 0.6 is 0 Å². The van der Waals surface area contributed by atoms with E-state index in [9.17, 15) is 5.26 Å². The monoisotopic (exact) mass is 926 g/mol. The van der Waals surface area contributed by atoms with Gasteiger partial charge in [0.1, 0.15) is 45.3 Å². The van der Waals surface area contributed by atoms with Crippen molar-refractivity contribution in [3.63, 3.8) is 0 Å². The number of ether oxygens (including phenoxy) is 2. The number of fused-ring (bicyclic) bond motifs is 3. The van der Waals surface area contributed by atoms with E-state index in [1.54, 1.807) is 37.9 Å². The normalized spacial score (nSPS) is 15.8. The second-order valence-electron chi connectivity index (χ2n) is 18.3. The van der Waals surface area contributed by atoms with E-state index >= 15 is 0 Å². The number of benzene rings is 4. The first-order valence-electron chi connectivity index (χ1n) is 23.2. The fourth-order valence-electron chi connectivity index (χ4n) is 8.84. The number of nitriles is 1. The van der Waals surface area contributed by atoms with E-state index in [0.717, 1.165) is 93.6 Å². The molecule has 0 atom stereocenters. The van der Waals surface area contributed by atoms with Crippen LogP contribution in [0.15, 0.2) is 175 Å². The van der Waals surface area contributed by atoms with E-state index in [2.05, 4.69) is 77.2 Å². The maximum absolute atomic E-state index is 9.37. The lowest BCUT2D eigenvalue weighted by Gasteiger charge is -2.48. The fourth-order valence-corrected chi connectivity index (χ4v) is 9.62. The Labute approximate surface area is 411 Å². The molecule has 0 bridgehead atoms. The molecular formula is C58H55AlN6O4. The highest BCUT2D eigenvalue weighted by Crippen LogP contribution is 2.49. The number of hydrogen-bond acceptors (Lipinski definition) is 9. The van der Waals surface area contributed by atoms with Crippen LogP contribution in [0.1, 0.15) is 70.1 Å². The maximum Gasteiger partial charge on any atom is 0.832 e. The molecule has 0 aliphatic carbocycles. The van der Waals surface area contributed by atoms with Crippen molar-refractivity contribution < 1.29 is 17.1 Å². The first-order valence-corrected chi connectivity index (χ1v) is 24.3. The van der Waals surface area contributed by atoms with E-state index in [-0.39, 0.29) is 16.5 Å². The topological polar surface area (TPSA) is 107 Å². The first-order chi connectivity index (χ1) is 33.5. The van der Waals surface area contributed by atoms with Gasteiger partial charge in [-0.1, -0.05) is 94.4 Å². The summed E-state index contributed by atoms with van der Waals surface area (Å²) in [5, 5.41) is 12.6. The SMILES string of the molecule is COc1cccc2cccnc12.[C-]#[N+]/C(C#N)=C1C=C(/C=C/c2cc3c4c(c2)C(C)(C)CCN4CCC3(C)C)OC(CCC=C)=C/1.c1cnc2c([O][AlH][O]c3cccc4cccnc34)cccc2c1. The van der Waals surface area contributed by atoms with Crippen LogP contribution in [0, 0.1) is 17.9 Å². The zero-order chi connectivity index (χ0) is 48.4. The molecular weight excluding hydrogens is 872 g/mol. The highest BCUT2D eigenvalue weighted by Gasteiger charge is 2.40. The summed E-state index contributed by atoms with van der Waals surface area (Å²) in [6.07, 6.45) is 18.5. The molecule has 3 aliphatic rings. The van der Waals surface area contributed by atoms with Crippen molar-refractivity contribution >= 4 is 60.4 Å². The van der Waals surface area contributed by atoms with Crippen LogP contribution in [-0.2, 0) is 15.6 Å². The summed E-state index contributed by atoms with van der Waals surface area (Å²) in [6, 6.07) is 36.2. The van der Waals surface area contributed by atoms with Gasteiger partial charge in [-0.3, -0.25) is 15.0 Å². The van der Waals surface area contributed by atoms with Crippen molar-refractivity contribution in [1.29, 1.82) is 5.26 Å². The third-order valence-electron chi connectivity index (χ3n) is 12.7. The lowest BCUT2D eigenvalue weighted by atomic mass is 9.69. The Morgan fingerprint density at radius 1 is 0.768 bits per heavy atom. The standard InChI is InChI=1S/C30H33N3O.C10H9NO.2C9H7NO.Al.H/c1-7-8-9-23-18-22(27(20-31)32-6)19-24(34-23)11-10-21-16-25-28-26(17-21)30(4,5)13-15-33(28)14-12-29(25,2)3;1-12-9-6-2-4-8-5-3-7-11-10(8)9;2*11-8-5-1-3-7-4-2-6-10-9(7)8;;/h7,10-11,16-19H,1,8-9,12-15H2,2-5H3;2-7H,1H3;2*1-6,11H;;/q;;;;+2;/p-2/b11-10+,27-22+;;;;;. The van der Waals surface area contributed by atoms with E-state index in [1.165, 1.54) is 16.8 Å². The van der Waals surface area contributed by atoms with Gasteiger partial charge in [-0.2, -0.15) is 0 Å². The lowest BCUT2D eigenvalue weighted by Crippen LogP contribution is -2.44. The second kappa shape index (κ2) is 21.5. The van der Waals surface area contributed by atoms with Crippen LogP contribution in [0.5, 0.6) is 17.2 Å². The van der Waals surface area contributed by atoms with Crippen LogP contribution in [0.4, 0.5) is 5.69 Å². The van der Waals surface area contributed by atoms with Crippen molar-refractivity contribution in [3.8, 4) is 23.3 Å². The van der Waals surface area contributed by atoms with E-state index in [1.807, 2.05) is 109 Å². The zero-order valence-electron chi connectivity index (χ0n) is 39.9. The van der Waals surface area contributed by atoms with Gasteiger partial charge in [-0.25, -0.2) is 10.1 Å². The molecule has 0 saturated carbocycles. The number of para-hydroxylation sites is 3. The fraction of sp³-hybridized carbons (Fsp3) is 0.224. The smallest absolute Gasteiger partial charge is 0.613 e.